The summed E-state index contributed by atoms with van der Waals surface area (Å²) in [5, 5.41) is 0. The Morgan fingerprint density at radius 1 is 1.15 bits per heavy atom. The molecule has 3 aliphatic rings. The summed E-state index contributed by atoms with van der Waals surface area (Å²) >= 11 is 0. The van der Waals surface area contributed by atoms with Crippen molar-refractivity contribution in [3.05, 3.63) is 35.9 Å². The fraction of sp³-hybridized carbons (Fsp3) is 0.652. The molecule has 5 atom stereocenters. The Kier molecular flexibility index (Phi) is 5.25. The van der Waals surface area contributed by atoms with E-state index in [4.69, 9.17) is 4.74 Å². The van der Waals surface area contributed by atoms with E-state index in [1.54, 1.807) is 0 Å². The normalized spacial score (nSPS) is 33.1. The van der Waals surface area contributed by atoms with Crippen molar-refractivity contribution in [1.82, 2.24) is 4.90 Å². The van der Waals surface area contributed by atoms with E-state index in [-0.39, 0.29) is 12.2 Å². The molecule has 1 amide bonds. The molecule has 0 radical (unpaired) electrons. The van der Waals surface area contributed by atoms with Gasteiger partial charge in [-0.15, -0.1) is 0 Å². The molecule has 4 heteroatoms. The SMILES string of the molecule is CC(C)[C@@H]1CC[C@@H](C)C[C@H]1OC(=O)N1CCN=C1[C@H]1C[C@@H]1c1ccccc1. The van der Waals surface area contributed by atoms with Crippen LogP contribution in [-0.2, 0) is 4.74 Å². The monoisotopic (exact) mass is 368 g/mol. The summed E-state index contributed by atoms with van der Waals surface area (Å²) in [6.07, 6.45) is 4.36. The van der Waals surface area contributed by atoms with E-state index < -0.39 is 0 Å². The maximum Gasteiger partial charge on any atom is 0.415 e. The van der Waals surface area contributed by atoms with Crippen LogP contribution in [0.5, 0.6) is 0 Å². The molecule has 2 fully saturated rings. The van der Waals surface area contributed by atoms with E-state index in [1.807, 2.05) is 11.0 Å². The molecular weight excluding hydrogens is 336 g/mol. The zero-order chi connectivity index (χ0) is 19.0. The van der Waals surface area contributed by atoms with Crippen molar-refractivity contribution in [2.75, 3.05) is 13.1 Å². The molecule has 4 rings (SSSR count). The molecule has 1 aromatic carbocycles. The summed E-state index contributed by atoms with van der Waals surface area (Å²) in [7, 11) is 0. The lowest BCUT2D eigenvalue weighted by Crippen LogP contribution is -2.42. The number of hydrogen-bond acceptors (Lipinski definition) is 3. The first-order chi connectivity index (χ1) is 13.0. The first-order valence-corrected chi connectivity index (χ1v) is 10.6. The van der Waals surface area contributed by atoms with Gasteiger partial charge >= 0.3 is 6.09 Å². The molecule has 0 N–H and O–H groups in total. The highest BCUT2D eigenvalue weighted by molar-refractivity contribution is 6.00. The second-order valence-electron chi connectivity index (χ2n) is 9.00. The third-order valence-electron chi connectivity index (χ3n) is 6.66. The number of nitrogens with zero attached hydrogens (tertiary/aromatic N) is 2. The summed E-state index contributed by atoms with van der Waals surface area (Å²) < 4.78 is 6.07. The maximum absolute atomic E-state index is 13.0. The number of rotatable bonds is 4. The Morgan fingerprint density at radius 3 is 2.67 bits per heavy atom. The Hall–Kier alpha value is -1.84. The fourth-order valence-electron chi connectivity index (χ4n) is 4.96. The Morgan fingerprint density at radius 2 is 1.93 bits per heavy atom. The van der Waals surface area contributed by atoms with Gasteiger partial charge in [-0.2, -0.15) is 0 Å². The van der Waals surface area contributed by atoms with Gasteiger partial charge in [-0.1, -0.05) is 57.5 Å². The van der Waals surface area contributed by atoms with Gasteiger partial charge in [-0.3, -0.25) is 9.89 Å². The first kappa shape index (κ1) is 18.5. The molecule has 1 aromatic rings. The van der Waals surface area contributed by atoms with Crippen molar-refractivity contribution >= 4 is 11.9 Å². The molecule has 0 saturated heterocycles. The van der Waals surface area contributed by atoms with Crippen LogP contribution in [0.4, 0.5) is 4.79 Å². The van der Waals surface area contributed by atoms with E-state index in [1.165, 1.54) is 12.0 Å². The van der Waals surface area contributed by atoms with E-state index in [0.717, 1.165) is 25.1 Å². The van der Waals surface area contributed by atoms with Crippen molar-refractivity contribution in [1.29, 1.82) is 0 Å². The maximum atomic E-state index is 13.0. The molecule has 1 heterocycles. The second-order valence-corrected chi connectivity index (χ2v) is 9.00. The summed E-state index contributed by atoms with van der Waals surface area (Å²) in [4.78, 5) is 19.5. The van der Waals surface area contributed by atoms with Gasteiger partial charge in [-0.25, -0.2) is 4.79 Å². The number of benzene rings is 1. The number of aliphatic imine (C=N–C) groups is 1. The van der Waals surface area contributed by atoms with Crippen molar-refractivity contribution in [2.45, 2.75) is 58.5 Å². The highest BCUT2D eigenvalue weighted by Gasteiger charge is 2.47. The van der Waals surface area contributed by atoms with Gasteiger partial charge in [0.05, 0.1) is 13.1 Å². The molecule has 4 nitrogen and oxygen atoms in total. The van der Waals surface area contributed by atoms with E-state index in [0.29, 0.717) is 42.7 Å². The van der Waals surface area contributed by atoms with Crippen molar-refractivity contribution in [2.24, 2.45) is 28.7 Å². The Balaban J connectivity index is 1.41. The summed E-state index contributed by atoms with van der Waals surface area (Å²) in [6.45, 7) is 8.14. The number of ether oxygens (including phenoxy) is 1. The lowest BCUT2D eigenvalue weighted by atomic mass is 9.75. The van der Waals surface area contributed by atoms with Crippen LogP contribution >= 0.6 is 0 Å². The standard InChI is InChI=1S/C23H32N2O2/c1-15(2)18-10-9-16(3)13-21(18)27-23(26)25-12-11-24-22(25)20-14-19(20)17-7-5-4-6-8-17/h4-8,15-16,18-21H,9-14H2,1-3H3/t16-,18+,19-,20+,21-/m1/s1. The van der Waals surface area contributed by atoms with Crippen LogP contribution in [0.15, 0.2) is 35.3 Å². The zero-order valence-corrected chi connectivity index (χ0v) is 16.8. The molecule has 0 spiro atoms. The molecule has 1 aliphatic heterocycles. The van der Waals surface area contributed by atoms with Gasteiger partial charge in [-0.05, 0) is 48.5 Å². The molecule has 27 heavy (non-hydrogen) atoms. The molecule has 0 unspecified atom stereocenters. The van der Waals surface area contributed by atoms with Gasteiger partial charge in [0, 0.05) is 5.92 Å². The van der Waals surface area contributed by atoms with E-state index >= 15 is 0 Å². The minimum atomic E-state index is -0.172. The van der Waals surface area contributed by atoms with E-state index in [9.17, 15) is 4.79 Å². The molecular formula is C23H32N2O2. The third-order valence-corrected chi connectivity index (χ3v) is 6.66. The van der Waals surface area contributed by atoms with Gasteiger partial charge in [0.2, 0.25) is 0 Å². The number of carbonyl (C=O) groups excluding carboxylic acids is 1. The van der Waals surface area contributed by atoms with Crippen LogP contribution in [0.25, 0.3) is 0 Å². The zero-order valence-electron chi connectivity index (χ0n) is 16.8. The van der Waals surface area contributed by atoms with E-state index in [2.05, 4.69) is 50.0 Å². The van der Waals surface area contributed by atoms with Crippen molar-refractivity contribution in [3.63, 3.8) is 0 Å². The Bertz CT molecular complexity index is 700. The quantitative estimate of drug-likeness (QED) is 0.742. The average molecular weight is 369 g/mol. The van der Waals surface area contributed by atoms with Crippen LogP contribution in [0.2, 0.25) is 0 Å². The van der Waals surface area contributed by atoms with Crippen LogP contribution in [0.3, 0.4) is 0 Å². The van der Waals surface area contributed by atoms with Gasteiger partial charge < -0.3 is 4.74 Å². The predicted octanol–water partition coefficient (Wildman–Crippen LogP) is 5.10. The number of carbonyl (C=O) groups is 1. The third kappa shape index (κ3) is 3.90. The average Bonchev–Trinajstić information content (AvgIpc) is 3.30. The molecule has 146 valence electrons. The van der Waals surface area contributed by atoms with Crippen LogP contribution in [0.1, 0.15) is 57.9 Å². The van der Waals surface area contributed by atoms with Crippen LogP contribution in [-0.4, -0.2) is 36.0 Å². The fourth-order valence-corrected chi connectivity index (χ4v) is 4.96. The number of amidine groups is 1. The Labute approximate surface area is 163 Å². The van der Waals surface area contributed by atoms with Gasteiger partial charge in [0.1, 0.15) is 11.9 Å². The largest absolute Gasteiger partial charge is 0.446 e. The van der Waals surface area contributed by atoms with Crippen LogP contribution < -0.4 is 0 Å². The molecule has 0 bridgehead atoms. The molecule has 0 aromatic heterocycles. The molecule has 2 saturated carbocycles. The van der Waals surface area contributed by atoms with Gasteiger partial charge in [0.25, 0.3) is 0 Å². The van der Waals surface area contributed by atoms with Gasteiger partial charge in [0.15, 0.2) is 0 Å². The summed E-state index contributed by atoms with van der Waals surface area (Å²) in [5.74, 6) is 3.48. The van der Waals surface area contributed by atoms with Crippen molar-refractivity contribution < 1.29 is 9.53 Å². The minimum Gasteiger partial charge on any atom is -0.446 e. The molecule has 2 aliphatic carbocycles. The second kappa shape index (κ2) is 7.65. The highest BCUT2D eigenvalue weighted by Crippen LogP contribution is 2.49. The smallest absolute Gasteiger partial charge is 0.415 e. The number of hydrogen-bond donors (Lipinski definition) is 0. The highest BCUT2D eigenvalue weighted by atomic mass is 16.6. The summed E-state index contributed by atoms with van der Waals surface area (Å²) in [6, 6.07) is 10.6. The first-order valence-electron chi connectivity index (χ1n) is 10.6. The topological polar surface area (TPSA) is 41.9 Å². The lowest BCUT2D eigenvalue weighted by Gasteiger charge is -2.37. The minimum absolute atomic E-state index is 0.0484. The van der Waals surface area contributed by atoms with Crippen LogP contribution in [0, 0.1) is 23.7 Å². The lowest BCUT2D eigenvalue weighted by molar-refractivity contribution is -0.00256. The summed E-state index contributed by atoms with van der Waals surface area (Å²) in [5.41, 5.74) is 1.35. The predicted molar refractivity (Wildman–Crippen MR) is 108 cm³/mol. The van der Waals surface area contributed by atoms with Crippen molar-refractivity contribution in [3.8, 4) is 0 Å². The number of amides is 1.